The van der Waals surface area contributed by atoms with Crippen LogP contribution >= 0.6 is 0 Å². The Balaban J connectivity index is 1.59. The maximum absolute atomic E-state index is 10.8. The number of benzene rings is 3. The number of aromatic nitrogens is 2. The molecule has 0 fully saturated rings. The molecular formula is C31H37N3O3. The Morgan fingerprint density at radius 3 is 2.14 bits per heavy atom. The van der Waals surface area contributed by atoms with E-state index < -0.39 is 6.10 Å². The fourth-order valence-electron chi connectivity index (χ4n) is 4.29. The van der Waals surface area contributed by atoms with Crippen molar-refractivity contribution in [3.8, 4) is 23.1 Å². The molecular weight excluding hydrogens is 462 g/mol. The quantitative estimate of drug-likeness (QED) is 0.252. The van der Waals surface area contributed by atoms with E-state index in [0.717, 1.165) is 35.0 Å². The first-order valence-electron chi connectivity index (χ1n) is 12.9. The number of para-hydroxylation sites is 2. The van der Waals surface area contributed by atoms with E-state index in [1.807, 2.05) is 96.5 Å². The molecule has 0 saturated carbocycles. The van der Waals surface area contributed by atoms with Crippen LogP contribution in [-0.4, -0.2) is 45.6 Å². The first-order chi connectivity index (χ1) is 17.9. The van der Waals surface area contributed by atoms with Gasteiger partial charge in [0.05, 0.1) is 16.9 Å². The Bertz CT molecular complexity index is 1240. The first kappa shape index (κ1) is 26.5. The molecule has 4 aromatic rings. The van der Waals surface area contributed by atoms with Crippen molar-refractivity contribution < 1.29 is 14.6 Å². The van der Waals surface area contributed by atoms with Crippen LogP contribution in [-0.2, 0) is 6.54 Å². The van der Waals surface area contributed by atoms with Crippen molar-refractivity contribution in [3.05, 3.63) is 102 Å². The fraction of sp³-hybridized carbons (Fsp3) is 0.323. The van der Waals surface area contributed by atoms with Crippen molar-refractivity contribution in [2.24, 2.45) is 5.92 Å². The SMILES string of the molecule is Cc1ccc(Oc2c(CN(CC(C)C)CC(O)COc3ccccc3)c(C)nn2-c2ccccc2)cc1. The highest BCUT2D eigenvalue weighted by Gasteiger charge is 2.23. The Morgan fingerprint density at radius 1 is 0.838 bits per heavy atom. The second-order valence-corrected chi connectivity index (χ2v) is 9.90. The van der Waals surface area contributed by atoms with Crippen LogP contribution in [0.1, 0.15) is 30.7 Å². The normalized spacial score (nSPS) is 12.2. The van der Waals surface area contributed by atoms with Gasteiger partial charge >= 0.3 is 0 Å². The van der Waals surface area contributed by atoms with Crippen LogP contribution < -0.4 is 9.47 Å². The van der Waals surface area contributed by atoms with Crippen LogP contribution in [0.25, 0.3) is 5.69 Å². The molecule has 0 aliphatic carbocycles. The highest BCUT2D eigenvalue weighted by molar-refractivity contribution is 5.43. The largest absolute Gasteiger partial charge is 0.491 e. The summed E-state index contributed by atoms with van der Waals surface area (Å²) in [6, 6.07) is 27.7. The van der Waals surface area contributed by atoms with Crippen LogP contribution in [0.2, 0.25) is 0 Å². The third-order valence-electron chi connectivity index (χ3n) is 6.03. The monoisotopic (exact) mass is 499 g/mol. The molecule has 37 heavy (non-hydrogen) atoms. The summed E-state index contributed by atoms with van der Waals surface area (Å²) in [4.78, 5) is 2.25. The average Bonchev–Trinajstić information content (AvgIpc) is 3.19. The van der Waals surface area contributed by atoms with Crippen molar-refractivity contribution in [2.45, 2.75) is 40.3 Å². The predicted octanol–water partition coefficient (Wildman–Crippen LogP) is 6.18. The molecule has 0 aliphatic heterocycles. The van der Waals surface area contributed by atoms with Gasteiger partial charge in [0.2, 0.25) is 5.88 Å². The molecule has 0 amide bonds. The van der Waals surface area contributed by atoms with E-state index >= 15 is 0 Å². The number of ether oxygens (including phenoxy) is 2. The Hall–Kier alpha value is -3.61. The van der Waals surface area contributed by atoms with Crippen molar-refractivity contribution >= 4 is 0 Å². The van der Waals surface area contributed by atoms with Gasteiger partial charge in [0.25, 0.3) is 0 Å². The standard InChI is InChI=1S/C31H37N3O3/c1-23(2)19-33(20-27(35)22-36-28-13-9-6-10-14-28)21-30-25(4)32-34(26-11-7-5-8-12-26)31(30)37-29-17-15-24(3)16-18-29/h5-18,23,27,35H,19-22H2,1-4H3. The number of aryl methyl sites for hydroxylation is 2. The molecule has 1 N–H and O–H groups in total. The van der Waals surface area contributed by atoms with Crippen LogP contribution in [0, 0.1) is 19.8 Å². The number of rotatable bonds is 12. The summed E-state index contributed by atoms with van der Waals surface area (Å²) in [6.45, 7) is 10.6. The molecule has 0 aliphatic rings. The summed E-state index contributed by atoms with van der Waals surface area (Å²) in [6.07, 6.45) is -0.634. The topological polar surface area (TPSA) is 59.8 Å². The van der Waals surface area contributed by atoms with Gasteiger partial charge in [-0.15, -0.1) is 0 Å². The average molecular weight is 500 g/mol. The minimum absolute atomic E-state index is 0.230. The Kier molecular flexibility index (Phi) is 8.99. The molecule has 4 rings (SSSR count). The minimum atomic E-state index is -0.634. The lowest BCUT2D eigenvalue weighted by Gasteiger charge is -2.27. The summed E-state index contributed by atoms with van der Waals surface area (Å²) in [5.74, 6) is 2.63. The minimum Gasteiger partial charge on any atom is -0.491 e. The molecule has 6 heteroatoms. The zero-order valence-corrected chi connectivity index (χ0v) is 22.2. The molecule has 6 nitrogen and oxygen atoms in total. The summed E-state index contributed by atoms with van der Waals surface area (Å²) < 4.78 is 14.1. The van der Waals surface area contributed by atoms with Crippen LogP contribution in [0.4, 0.5) is 0 Å². The fourth-order valence-corrected chi connectivity index (χ4v) is 4.29. The molecule has 1 aromatic heterocycles. The van der Waals surface area contributed by atoms with Gasteiger partial charge in [-0.2, -0.15) is 5.10 Å². The summed E-state index contributed by atoms with van der Waals surface area (Å²) >= 11 is 0. The van der Waals surface area contributed by atoms with E-state index in [0.29, 0.717) is 24.9 Å². The van der Waals surface area contributed by atoms with E-state index in [-0.39, 0.29) is 6.61 Å². The third-order valence-corrected chi connectivity index (χ3v) is 6.03. The summed E-state index contributed by atoms with van der Waals surface area (Å²) in [5, 5.41) is 15.7. The maximum Gasteiger partial charge on any atom is 0.227 e. The van der Waals surface area contributed by atoms with Crippen LogP contribution in [0.3, 0.4) is 0 Å². The van der Waals surface area contributed by atoms with E-state index in [9.17, 15) is 5.11 Å². The second-order valence-electron chi connectivity index (χ2n) is 9.90. The number of hydrogen-bond donors (Lipinski definition) is 1. The van der Waals surface area contributed by atoms with E-state index in [1.165, 1.54) is 5.56 Å². The molecule has 0 spiro atoms. The van der Waals surface area contributed by atoms with Gasteiger partial charge in [0.1, 0.15) is 24.2 Å². The van der Waals surface area contributed by atoms with Gasteiger partial charge in [0, 0.05) is 19.6 Å². The van der Waals surface area contributed by atoms with Gasteiger partial charge in [-0.05, 0) is 56.2 Å². The van der Waals surface area contributed by atoms with E-state index in [4.69, 9.17) is 14.6 Å². The van der Waals surface area contributed by atoms with Gasteiger partial charge in [-0.3, -0.25) is 4.90 Å². The first-order valence-corrected chi connectivity index (χ1v) is 12.9. The number of aliphatic hydroxyl groups excluding tert-OH is 1. The number of nitrogens with zero attached hydrogens (tertiary/aromatic N) is 3. The molecule has 1 atom stereocenters. The van der Waals surface area contributed by atoms with Crippen molar-refractivity contribution in [2.75, 3.05) is 19.7 Å². The smallest absolute Gasteiger partial charge is 0.227 e. The molecule has 1 heterocycles. The number of hydrogen-bond acceptors (Lipinski definition) is 5. The summed E-state index contributed by atoms with van der Waals surface area (Å²) in [5.41, 5.74) is 4.01. The molecule has 0 bridgehead atoms. The number of aliphatic hydroxyl groups is 1. The molecule has 0 saturated heterocycles. The van der Waals surface area contributed by atoms with Gasteiger partial charge < -0.3 is 14.6 Å². The summed E-state index contributed by atoms with van der Waals surface area (Å²) in [7, 11) is 0. The lowest BCUT2D eigenvalue weighted by atomic mass is 10.1. The van der Waals surface area contributed by atoms with Gasteiger partial charge in [-0.25, -0.2) is 4.68 Å². The van der Waals surface area contributed by atoms with Crippen molar-refractivity contribution in [3.63, 3.8) is 0 Å². The van der Waals surface area contributed by atoms with E-state index in [1.54, 1.807) is 0 Å². The van der Waals surface area contributed by atoms with Crippen molar-refractivity contribution in [1.29, 1.82) is 0 Å². The van der Waals surface area contributed by atoms with Gasteiger partial charge in [-0.1, -0.05) is 67.9 Å². The molecule has 3 aromatic carbocycles. The third kappa shape index (κ3) is 7.44. The Morgan fingerprint density at radius 2 is 1.49 bits per heavy atom. The highest BCUT2D eigenvalue weighted by atomic mass is 16.5. The van der Waals surface area contributed by atoms with Crippen molar-refractivity contribution in [1.82, 2.24) is 14.7 Å². The van der Waals surface area contributed by atoms with Gasteiger partial charge in [0.15, 0.2) is 0 Å². The lowest BCUT2D eigenvalue weighted by Crippen LogP contribution is -2.37. The molecule has 0 radical (unpaired) electrons. The van der Waals surface area contributed by atoms with Crippen LogP contribution in [0.5, 0.6) is 17.4 Å². The van der Waals surface area contributed by atoms with E-state index in [2.05, 4.69) is 25.7 Å². The molecule has 1 unspecified atom stereocenters. The molecule has 194 valence electrons. The highest BCUT2D eigenvalue weighted by Crippen LogP contribution is 2.32. The zero-order chi connectivity index (χ0) is 26.2. The predicted molar refractivity (Wildman–Crippen MR) is 148 cm³/mol. The lowest BCUT2D eigenvalue weighted by molar-refractivity contribution is 0.0612. The zero-order valence-electron chi connectivity index (χ0n) is 22.2. The van der Waals surface area contributed by atoms with Crippen LogP contribution in [0.15, 0.2) is 84.9 Å². The second kappa shape index (κ2) is 12.6. The maximum atomic E-state index is 10.8. The Labute approximate surface area is 220 Å².